The summed E-state index contributed by atoms with van der Waals surface area (Å²) >= 11 is 0. The highest BCUT2D eigenvalue weighted by atomic mass is 127. The molecule has 1 N–H and O–H groups in total. The van der Waals surface area contributed by atoms with Crippen LogP contribution >= 0.6 is 24.0 Å². The Morgan fingerprint density at radius 3 is 2.47 bits per heavy atom. The second kappa shape index (κ2) is 10.5. The number of carbonyl (C=O) groups excluding carboxylic acids is 1. The summed E-state index contributed by atoms with van der Waals surface area (Å²) in [6.07, 6.45) is 1.53. The van der Waals surface area contributed by atoms with E-state index in [9.17, 15) is 4.79 Å². The Kier molecular flexibility index (Phi) is 7.73. The quantitative estimate of drug-likeness (QED) is 0.323. The van der Waals surface area contributed by atoms with Crippen molar-refractivity contribution in [3.63, 3.8) is 0 Å². The summed E-state index contributed by atoms with van der Waals surface area (Å²) < 4.78 is 5.24. The Bertz CT molecular complexity index is 990. The van der Waals surface area contributed by atoms with E-state index >= 15 is 0 Å². The van der Waals surface area contributed by atoms with Gasteiger partial charge in [0.15, 0.2) is 11.7 Å². The van der Waals surface area contributed by atoms with Crippen molar-refractivity contribution in [2.45, 2.75) is 13.5 Å². The normalized spacial score (nSPS) is 14.5. The second-order valence-electron chi connectivity index (χ2n) is 7.06. The van der Waals surface area contributed by atoms with Crippen molar-refractivity contribution in [3.05, 3.63) is 72.2 Å². The fourth-order valence-corrected chi connectivity index (χ4v) is 3.69. The van der Waals surface area contributed by atoms with E-state index in [-0.39, 0.29) is 29.9 Å². The molecule has 3 aromatic rings. The minimum atomic E-state index is -0.0488. The summed E-state index contributed by atoms with van der Waals surface area (Å²) in [6, 6.07) is 18.2. The van der Waals surface area contributed by atoms with Crippen LogP contribution in [0.5, 0.6) is 0 Å². The van der Waals surface area contributed by atoms with E-state index in [0.29, 0.717) is 25.4 Å². The van der Waals surface area contributed by atoms with Crippen molar-refractivity contribution < 1.29 is 9.21 Å². The highest BCUT2D eigenvalue weighted by Gasteiger charge is 2.25. The lowest BCUT2D eigenvalue weighted by Crippen LogP contribution is -2.53. The number of nitrogens with one attached hydrogen (secondary N) is 1. The fourth-order valence-electron chi connectivity index (χ4n) is 3.69. The Hall–Kier alpha value is -2.55. The number of fused-ring (bicyclic) bond motifs is 1. The van der Waals surface area contributed by atoms with E-state index < -0.39 is 0 Å². The summed E-state index contributed by atoms with van der Waals surface area (Å²) in [5.74, 6) is 1.24. The molecule has 0 unspecified atom stereocenters. The van der Waals surface area contributed by atoms with Crippen molar-refractivity contribution in [2.75, 3.05) is 32.7 Å². The van der Waals surface area contributed by atoms with Crippen molar-refractivity contribution >= 4 is 46.6 Å². The summed E-state index contributed by atoms with van der Waals surface area (Å²) in [4.78, 5) is 21.4. The van der Waals surface area contributed by atoms with E-state index in [0.717, 1.165) is 25.6 Å². The third-order valence-corrected chi connectivity index (χ3v) is 5.21. The first-order chi connectivity index (χ1) is 14.3. The van der Waals surface area contributed by atoms with Gasteiger partial charge in [-0.05, 0) is 35.4 Å². The molecule has 0 bridgehead atoms. The minimum absolute atomic E-state index is 0. The zero-order valence-electron chi connectivity index (χ0n) is 17.1. The van der Waals surface area contributed by atoms with E-state index in [1.807, 2.05) is 4.90 Å². The molecule has 1 amide bonds. The first kappa shape index (κ1) is 22.1. The van der Waals surface area contributed by atoms with Crippen LogP contribution in [0.15, 0.2) is 70.3 Å². The van der Waals surface area contributed by atoms with Gasteiger partial charge in [0.2, 0.25) is 0 Å². The molecule has 6 nitrogen and oxygen atoms in total. The van der Waals surface area contributed by atoms with Gasteiger partial charge in [-0.3, -0.25) is 4.79 Å². The van der Waals surface area contributed by atoms with Crippen LogP contribution < -0.4 is 5.32 Å². The lowest BCUT2D eigenvalue weighted by molar-refractivity contribution is 0.0657. The summed E-state index contributed by atoms with van der Waals surface area (Å²) in [5.41, 5.74) is 1.21. The number of rotatable bonds is 4. The molecule has 0 spiro atoms. The summed E-state index contributed by atoms with van der Waals surface area (Å²) in [7, 11) is 0. The second-order valence-corrected chi connectivity index (χ2v) is 7.06. The number of amides is 1. The van der Waals surface area contributed by atoms with Crippen LogP contribution in [0.4, 0.5) is 0 Å². The minimum Gasteiger partial charge on any atom is -0.459 e. The van der Waals surface area contributed by atoms with Gasteiger partial charge in [0.05, 0.1) is 12.8 Å². The van der Waals surface area contributed by atoms with Gasteiger partial charge in [-0.25, -0.2) is 4.99 Å². The molecule has 1 fully saturated rings. The fraction of sp³-hybridized carbons (Fsp3) is 0.304. The standard InChI is InChI=1S/C23H26N4O2.HI/c1-2-24-23(25-17-19-9-5-8-18-7-3-4-10-20(18)19)27-14-12-26(13-15-27)22(28)21-11-6-16-29-21;/h3-11,16H,2,12-15,17H2,1H3,(H,24,25);1H. The predicted octanol–water partition coefficient (Wildman–Crippen LogP) is 3.97. The van der Waals surface area contributed by atoms with Crippen molar-refractivity contribution in [3.8, 4) is 0 Å². The van der Waals surface area contributed by atoms with Crippen LogP contribution in [-0.2, 0) is 6.54 Å². The third-order valence-electron chi connectivity index (χ3n) is 5.21. The van der Waals surface area contributed by atoms with Gasteiger partial charge in [0.25, 0.3) is 5.91 Å². The molecule has 4 rings (SSSR count). The molecule has 2 aromatic carbocycles. The Balaban J connectivity index is 0.00000256. The van der Waals surface area contributed by atoms with Crippen LogP contribution in [0.3, 0.4) is 0 Å². The maximum atomic E-state index is 12.5. The molecule has 30 heavy (non-hydrogen) atoms. The van der Waals surface area contributed by atoms with Crippen LogP contribution in [0.2, 0.25) is 0 Å². The molecule has 158 valence electrons. The SMILES string of the molecule is CCNC(=NCc1cccc2ccccc12)N1CCN(C(=O)c2ccco2)CC1.I. The number of hydrogen-bond donors (Lipinski definition) is 1. The van der Waals surface area contributed by atoms with E-state index in [2.05, 4.69) is 59.6 Å². The average Bonchev–Trinajstić information content (AvgIpc) is 3.31. The van der Waals surface area contributed by atoms with Gasteiger partial charge in [0.1, 0.15) is 0 Å². The number of nitrogens with zero attached hydrogens (tertiary/aromatic N) is 3. The molecule has 1 saturated heterocycles. The van der Waals surface area contributed by atoms with Crippen LogP contribution in [0.1, 0.15) is 23.0 Å². The monoisotopic (exact) mass is 518 g/mol. The van der Waals surface area contributed by atoms with E-state index in [1.165, 1.54) is 22.6 Å². The van der Waals surface area contributed by atoms with Gasteiger partial charge in [-0.1, -0.05) is 42.5 Å². The summed E-state index contributed by atoms with van der Waals surface area (Å²) in [6.45, 7) is 6.29. The molecule has 1 aliphatic heterocycles. The van der Waals surface area contributed by atoms with Gasteiger partial charge >= 0.3 is 0 Å². The van der Waals surface area contributed by atoms with Crippen molar-refractivity contribution in [2.24, 2.45) is 4.99 Å². The lowest BCUT2D eigenvalue weighted by Gasteiger charge is -2.36. The van der Waals surface area contributed by atoms with Crippen LogP contribution in [0.25, 0.3) is 10.8 Å². The highest BCUT2D eigenvalue weighted by molar-refractivity contribution is 14.0. The number of piperazine rings is 1. The number of furan rings is 1. The predicted molar refractivity (Wildman–Crippen MR) is 130 cm³/mol. The largest absolute Gasteiger partial charge is 0.459 e. The maximum absolute atomic E-state index is 12.5. The molecular formula is C23H27IN4O2. The first-order valence-electron chi connectivity index (χ1n) is 10.1. The molecule has 1 aliphatic rings. The molecule has 1 aromatic heterocycles. The number of benzene rings is 2. The highest BCUT2D eigenvalue weighted by Crippen LogP contribution is 2.19. The Morgan fingerprint density at radius 2 is 1.73 bits per heavy atom. The van der Waals surface area contributed by atoms with Gasteiger partial charge in [0, 0.05) is 32.7 Å². The van der Waals surface area contributed by atoms with E-state index in [4.69, 9.17) is 9.41 Å². The van der Waals surface area contributed by atoms with Crippen molar-refractivity contribution in [1.29, 1.82) is 0 Å². The number of hydrogen-bond acceptors (Lipinski definition) is 3. The Labute approximate surface area is 194 Å². The number of halogens is 1. The first-order valence-corrected chi connectivity index (χ1v) is 10.1. The molecule has 0 atom stereocenters. The number of aliphatic imine (C=N–C) groups is 1. The molecule has 7 heteroatoms. The van der Waals surface area contributed by atoms with Gasteiger partial charge in [-0.2, -0.15) is 0 Å². The molecule has 0 radical (unpaired) electrons. The topological polar surface area (TPSA) is 61.1 Å². The summed E-state index contributed by atoms with van der Waals surface area (Å²) in [5, 5.41) is 5.87. The lowest BCUT2D eigenvalue weighted by atomic mass is 10.1. The van der Waals surface area contributed by atoms with Crippen LogP contribution in [-0.4, -0.2) is 54.4 Å². The number of carbonyl (C=O) groups is 1. The Morgan fingerprint density at radius 1 is 1.00 bits per heavy atom. The molecule has 2 heterocycles. The van der Waals surface area contributed by atoms with Gasteiger partial charge < -0.3 is 19.5 Å². The zero-order valence-corrected chi connectivity index (χ0v) is 19.4. The van der Waals surface area contributed by atoms with Crippen LogP contribution in [0, 0.1) is 0 Å². The zero-order chi connectivity index (χ0) is 20.1. The average molecular weight is 518 g/mol. The molecule has 0 aliphatic carbocycles. The maximum Gasteiger partial charge on any atom is 0.289 e. The molecule has 0 saturated carbocycles. The number of guanidine groups is 1. The van der Waals surface area contributed by atoms with Gasteiger partial charge in [-0.15, -0.1) is 24.0 Å². The van der Waals surface area contributed by atoms with Crippen molar-refractivity contribution in [1.82, 2.24) is 15.1 Å². The molecular weight excluding hydrogens is 491 g/mol. The van der Waals surface area contributed by atoms with E-state index in [1.54, 1.807) is 12.1 Å². The third kappa shape index (κ3) is 4.95. The smallest absolute Gasteiger partial charge is 0.289 e.